The molecule has 0 aliphatic carbocycles. The second kappa shape index (κ2) is 3.62. The molecule has 0 saturated heterocycles. The highest BCUT2D eigenvalue weighted by Gasteiger charge is 2.35. The van der Waals surface area contributed by atoms with Crippen molar-refractivity contribution in [3.63, 3.8) is 0 Å². The molecule has 0 aliphatic heterocycles. The van der Waals surface area contributed by atoms with Crippen LogP contribution in [0.15, 0.2) is 12.1 Å². The van der Waals surface area contributed by atoms with Crippen LogP contribution in [-0.2, 0) is 6.18 Å². The fourth-order valence-electron chi connectivity index (χ4n) is 1.03. The van der Waals surface area contributed by atoms with Crippen LogP contribution in [0.25, 0.3) is 0 Å². The lowest BCUT2D eigenvalue weighted by atomic mass is 10.1. The van der Waals surface area contributed by atoms with E-state index in [1.807, 2.05) is 0 Å². The second-order valence-corrected chi connectivity index (χ2v) is 3.17. The van der Waals surface area contributed by atoms with Crippen LogP contribution < -0.4 is 11.5 Å². The third-order valence-electron chi connectivity index (χ3n) is 1.67. The van der Waals surface area contributed by atoms with Gasteiger partial charge in [0.15, 0.2) is 0 Å². The molecule has 15 heavy (non-hydrogen) atoms. The molecule has 3 nitrogen and oxygen atoms in total. The zero-order valence-corrected chi connectivity index (χ0v) is 7.99. The van der Waals surface area contributed by atoms with Gasteiger partial charge in [0.05, 0.1) is 16.1 Å². The molecule has 0 aromatic heterocycles. The Morgan fingerprint density at radius 1 is 1.33 bits per heavy atom. The summed E-state index contributed by atoms with van der Waals surface area (Å²) in [6.45, 7) is 0. The topological polar surface area (TPSA) is 69.1 Å². The number of hydrogen-bond donors (Lipinski definition) is 2. The van der Waals surface area contributed by atoms with Gasteiger partial charge in [0.1, 0.15) is 0 Å². The summed E-state index contributed by atoms with van der Waals surface area (Å²) in [4.78, 5) is 10.8. The molecule has 0 radical (unpaired) electrons. The Morgan fingerprint density at radius 2 is 1.87 bits per heavy atom. The number of benzene rings is 1. The zero-order chi connectivity index (χ0) is 11.8. The van der Waals surface area contributed by atoms with Gasteiger partial charge in [0, 0.05) is 5.69 Å². The molecule has 0 spiro atoms. The quantitative estimate of drug-likeness (QED) is 0.735. The number of nitrogens with two attached hydrogens (primary N) is 2. The summed E-state index contributed by atoms with van der Waals surface area (Å²) in [7, 11) is 0. The third-order valence-corrected chi connectivity index (χ3v) is 2.07. The average Bonchev–Trinajstić information content (AvgIpc) is 2.06. The normalized spacial score (nSPS) is 11.5. The Hall–Kier alpha value is -1.43. The number of amides is 1. The first-order chi connectivity index (χ1) is 6.73. The highest BCUT2D eigenvalue weighted by molar-refractivity contribution is 6.34. The van der Waals surface area contributed by atoms with E-state index in [0.29, 0.717) is 6.07 Å². The van der Waals surface area contributed by atoms with Gasteiger partial charge >= 0.3 is 6.18 Å². The minimum Gasteiger partial charge on any atom is -0.399 e. The van der Waals surface area contributed by atoms with Crippen LogP contribution in [0.5, 0.6) is 0 Å². The monoisotopic (exact) mass is 238 g/mol. The maximum absolute atomic E-state index is 12.4. The van der Waals surface area contributed by atoms with E-state index in [1.165, 1.54) is 0 Å². The minimum atomic E-state index is -4.67. The lowest BCUT2D eigenvalue weighted by Crippen LogP contribution is -2.15. The molecule has 0 heterocycles. The maximum atomic E-state index is 12.4. The summed E-state index contributed by atoms with van der Waals surface area (Å²) in [6, 6.07) is 1.65. The van der Waals surface area contributed by atoms with Crippen LogP contribution in [-0.4, -0.2) is 5.91 Å². The number of anilines is 1. The predicted octanol–water partition coefficient (Wildman–Crippen LogP) is 2.04. The number of carbonyl (C=O) groups is 1. The first-order valence-corrected chi connectivity index (χ1v) is 4.07. The summed E-state index contributed by atoms with van der Waals surface area (Å²) >= 11 is 5.38. The molecule has 0 unspecified atom stereocenters. The highest BCUT2D eigenvalue weighted by atomic mass is 35.5. The van der Waals surface area contributed by atoms with Gasteiger partial charge in [-0.3, -0.25) is 4.79 Å². The maximum Gasteiger partial charge on any atom is 0.417 e. The minimum absolute atomic E-state index is 0.222. The number of halogens is 4. The van der Waals surface area contributed by atoms with Crippen LogP contribution in [0, 0.1) is 0 Å². The molecule has 0 saturated carbocycles. The van der Waals surface area contributed by atoms with Crippen LogP contribution in [0.3, 0.4) is 0 Å². The largest absolute Gasteiger partial charge is 0.417 e. The van der Waals surface area contributed by atoms with Crippen molar-refractivity contribution in [1.29, 1.82) is 0 Å². The lowest BCUT2D eigenvalue weighted by molar-refractivity contribution is -0.137. The van der Waals surface area contributed by atoms with E-state index in [4.69, 9.17) is 23.1 Å². The molecule has 1 aromatic carbocycles. The van der Waals surface area contributed by atoms with Crippen LogP contribution in [0.1, 0.15) is 15.9 Å². The number of primary amides is 1. The number of rotatable bonds is 1. The van der Waals surface area contributed by atoms with Gasteiger partial charge in [-0.15, -0.1) is 0 Å². The van der Waals surface area contributed by atoms with Crippen molar-refractivity contribution in [2.24, 2.45) is 5.73 Å². The smallest absolute Gasteiger partial charge is 0.399 e. The van der Waals surface area contributed by atoms with Gasteiger partial charge < -0.3 is 11.5 Å². The average molecular weight is 239 g/mol. The summed E-state index contributed by atoms with van der Waals surface area (Å²) in [5.41, 5.74) is 8.21. The summed E-state index contributed by atoms with van der Waals surface area (Å²) in [6.07, 6.45) is -4.67. The zero-order valence-electron chi connectivity index (χ0n) is 7.23. The van der Waals surface area contributed by atoms with Crippen molar-refractivity contribution in [2.75, 3.05) is 5.73 Å². The Balaban J connectivity index is 3.49. The van der Waals surface area contributed by atoms with Gasteiger partial charge in [-0.25, -0.2) is 0 Å². The fraction of sp³-hybridized carbons (Fsp3) is 0.125. The standard InChI is InChI=1S/C8H6ClF3N2O/c9-6-4(7(14)15)1-3(13)2-5(6)8(10,11)12/h1-2H,13H2,(H2,14,15). The molecular formula is C8H6ClF3N2O. The van der Waals surface area contributed by atoms with Crippen LogP contribution >= 0.6 is 11.6 Å². The number of hydrogen-bond acceptors (Lipinski definition) is 2. The summed E-state index contributed by atoms with van der Waals surface area (Å²) in [5.74, 6) is -1.06. The molecule has 82 valence electrons. The molecule has 0 bridgehead atoms. The molecule has 1 aromatic rings. The van der Waals surface area contributed by atoms with E-state index >= 15 is 0 Å². The van der Waals surface area contributed by atoms with Crippen molar-refractivity contribution in [3.05, 3.63) is 28.3 Å². The van der Waals surface area contributed by atoms with Crippen molar-refractivity contribution in [2.45, 2.75) is 6.18 Å². The fourth-order valence-corrected chi connectivity index (χ4v) is 1.34. The molecule has 0 fully saturated rings. The molecule has 7 heteroatoms. The number of alkyl halides is 3. The summed E-state index contributed by atoms with van der Waals surface area (Å²) in [5, 5.41) is -0.732. The third kappa shape index (κ3) is 2.33. The molecule has 1 rings (SSSR count). The van der Waals surface area contributed by atoms with Crippen LogP contribution in [0.2, 0.25) is 5.02 Å². The van der Waals surface area contributed by atoms with E-state index in [9.17, 15) is 18.0 Å². The van der Waals surface area contributed by atoms with E-state index in [-0.39, 0.29) is 5.69 Å². The second-order valence-electron chi connectivity index (χ2n) is 2.79. The van der Waals surface area contributed by atoms with E-state index in [1.54, 1.807) is 0 Å². The Kier molecular flexibility index (Phi) is 2.81. The SMILES string of the molecule is NC(=O)c1cc(N)cc(C(F)(F)F)c1Cl. The number of nitrogen functional groups attached to an aromatic ring is 1. The molecule has 1 amide bonds. The molecule has 4 N–H and O–H groups in total. The van der Waals surface area contributed by atoms with Crippen molar-refractivity contribution in [1.82, 2.24) is 0 Å². The Labute approximate surface area is 87.8 Å². The van der Waals surface area contributed by atoms with Crippen molar-refractivity contribution >= 4 is 23.2 Å². The Bertz CT molecular complexity index is 417. The highest BCUT2D eigenvalue weighted by Crippen LogP contribution is 2.37. The number of carbonyl (C=O) groups excluding carboxylic acids is 1. The predicted molar refractivity (Wildman–Crippen MR) is 49.4 cm³/mol. The van der Waals surface area contributed by atoms with E-state index in [2.05, 4.69) is 0 Å². The van der Waals surface area contributed by atoms with Gasteiger partial charge in [0.25, 0.3) is 0 Å². The first kappa shape index (κ1) is 11.6. The van der Waals surface area contributed by atoms with Crippen molar-refractivity contribution < 1.29 is 18.0 Å². The molecule has 0 atom stereocenters. The summed E-state index contributed by atoms with van der Waals surface area (Å²) < 4.78 is 37.1. The van der Waals surface area contributed by atoms with Gasteiger partial charge in [-0.2, -0.15) is 13.2 Å². The van der Waals surface area contributed by atoms with Crippen molar-refractivity contribution in [3.8, 4) is 0 Å². The molecular weight excluding hydrogens is 233 g/mol. The van der Waals surface area contributed by atoms with E-state index < -0.39 is 28.2 Å². The Morgan fingerprint density at radius 3 is 2.27 bits per heavy atom. The van der Waals surface area contributed by atoms with E-state index in [0.717, 1.165) is 6.07 Å². The van der Waals surface area contributed by atoms with Gasteiger partial charge in [0.2, 0.25) is 5.91 Å². The van der Waals surface area contributed by atoms with Crippen LogP contribution in [0.4, 0.5) is 18.9 Å². The van der Waals surface area contributed by atoms with Gasteiger partial charge in [-0.05, 0) is 12.1 Å². The lowest BCUT2D eigenvalue weighted by Gasteiger charge is -2.11. The first-order valence-electron chi connectivity index (χ1n) is 3.69. The molecule has 0 aliphatic rings. The van der Waals surface area contributed by atoms with Gasteiger partial charge in [-0.1, -0.05) is 11.6 Å².